The van der Waals surface area contributed by atoms with Crippen molar-refractivity contribution >= 4 is 5.96 Å². The Kier molecular flexibility index (Phi) is 7.22. The lowest BCUT2D eigenvalue weighted by Crippen LogP contribution is -2.67. The molecule has 5 fully saturated rings. The van der Waals surface area contributed by atoms with Crippen molar-refractivity contribution in [3.05, 3.63) is 0 Å². The van der Waals surface area contributed by atoms with Gasteiger partial charge in [-0.2, -0.15) is 0 Å². The molecular formula is C26H49N7. The molecule has 2 saturated carbocycles. The molecule has 0 aromatic rings. The third kappa shape index (κ3) is 4.67. The van der Waals surface area contributed by atoms with E-state index in [0.717, 1.165) is 43.3 Å². The van der Waals surface area contributed by atoms with Gasteiger partial charge in [-0.3, -0.25) is 20.9 Å². The topological polar surface area (TPSA) is 69.7 Å². The van der Waals surface area contributed by atoms with Crippen molar-refractivity contribution in [1.29, 1.82) is 5.41 Å². The summed E-state index contributed by atoms with van der Waals surface area (Å²) in [4.78, 5) is 7.15. The maximum Gasteiger partial charge on any atom is 0.195 e. The first-order valence-corrected chi connectivity index (χ1v) is 13.9. The van der Waals surface area contributed by atoms with Crippen molar-refractivity contribution in [2.24, 2.45) is 29.6 Å². The van der Waals surface area contributed by atoms with Gasteiger partial charge in [-0.25, -0.2) is 0 Å². The highest BCUT2D eigenvalue weighted by Crippen LogP contribution is 2.39. The first-order valence-electron chi connectivity index (χ1n) is 13.9. The van der Waals surface area contributed by atoms with Crippen LogP contribution in [0.2, 0.25) is 0 Å². The van der Waals surface area contributed by atoms with Crippen molar-refractivity contribution in [1.82, 2.24) is 30.7 Å². The average Bonchev–Trinajstić information content (AvgIpc) is 3.36. The fourth-order valence-electron chi connectivity index (χ4n) is 7.93. The highest BCUT2D eigenvalue weighted by Gasteiger charge is 2.48. The van der Waals surface area contributed by atoms with Crippen LogP contribution in [-0.2, 0) is 0 Å². The lowest BCUT2D eigenvalue weighted by Gasteiger charge is -2.46. The molecule has 0 bridgehead atoms. The van der Waals surface area contributed by atoms with Gasteiger partial charge in [0.2, 0.25) is 0 Å². The molecule has 0 aromatic carbocycles. The molecule has 6 unspecified atom stereocenters. The van der Waals surface area contributed by atoms with Crippen molar-refractivity contribution in [2.75, 3.05) is 40.3 Å². The van der Waals surface area contributed by atoms with Gasteiger partial charge in [-0.1, -0.05) is 26.7 Å². The zero-order valence-corrected chi connectivity index (χ0v) is 21.5. The molecule has 4 N–H and O–H groups in total. The second kappa shape index (κ2) is 10.00. The van der Waals surface area contributed by atoms with Crippen molar-refractivity contribution in [2.45, 2.75) is 89.8 Å². The van der Waals surface area contributed by atoms with E-state index in [4.69, 9.17) is 5.41 Å². The maximum absolute atomic E-state index is 8.91. The van der Waals surface area contributed by atoms with Gasteiger partial charge in [0.1, 0.15) is 6.17 Å². The van der Waals surface area contributed by atoms with E-state index in [9.17, 15) is 0 Å². The molecule has 5 rings (SSSR count). The quantitative estimate of drug-likeness (QED) is 0.507. The number of nitrogens with zero attached hydrogens (tertiary/aromatic N) is 3. The van der Waals surface area contributed by atoms with Gasteiger partial charge in [0, 0.05) is 33.2 Å². The smallest absolute Gasteiger partial charge is 0.195 e. The van der Waals surface area contributed by atoms with Gasteiger partial charge in [-0.05, 0) is 75.2 Å². The Bertz CT molecular complexity index is 676. The third-order valence-electron chi connectivity index (χ3n) is 9.95. The number of fused-ring (bicyclic) bond motifs is 1. The zero-order valence-electron chi connectivity index (χ0n) is 21.5. The third-order valence-corrected chi connectivity index (χ3v) is 9.95. The van der Waals surface area contributed by atoms with Crippen LogP contribution in [0, 0.1) is 35.0 Å². The molecule has 188 valence electrons. The SMILES string of the molecule is CC(C)C1CCCCC1C1NCC2C(N1)N(CC1CCC(C3NCCN3C)CC1)C(=N)N2C. The summed E-state index contributed by atoms with van der Waals surface area (Å²) < 4.78 is 0. The molecular weight excluding hydrogens is 410 g/mol. The molecule has 3 saturated heterocycles. The summed E-state index contributed by atoms with van der Waals surface area (Å²) in [5.74, 6) is 4.51. The Hall–Kier alpha value is -0.890. The van der Waals surface area contributed by atoms with Crippen LogP contribution in [0.25, 0.3) is 0 Å². The van der Waals surface area contributed by atoms with Crippen LogP contribution < -0.4 is 16.0 Å². The van der Waals surface area contributed by atoms with Crippen LogP contribution >= 0.6 is 0 Å². The minimum absolute atomic E-state index is 0.281. The van der Waals surface area contributed by atoms with E-state index < -0.39 is 0 Å². The number of guanidine groups is 1. The fraction of sp³-hybridized carbons (Fsp3) is 0.962. The molecule has 7 heteroatoms. The molecule has 3 heterocycles. The van der Waals surface area contributed by atoms with E-state index in [0.29, 0.717) is 30.2 Å². The summed E-state index contributed by atoms with van der Waals surface area (Å²) >= 11 is 0. The maximum atomic E-state index is 8.91. The molecule has 3 aliphatic heterocycles. The fourth-order valence-corrected chi connectivity index (χ4v) is 7.93. The molecule has 0 aromatic heterocycles. The second-order valence-electron chi connectivity index (χ2n) is 12.2. The van der Waals surface area contributed by atoms with Gasteiger partial charge in [0.25, 0.3) is 0 Å². The van der Waals surface area contributed by atoms with Crippen molar-refractivity contribution in [3.8, 4) is 0 Å². The van der Waals surface area contributed by atoms with Crippen LogP contribution in [0.15, 0.2) is 0 Å². The monoisotopic (exact) mass is 459 g/mol. The second-order valence-corrected chi connectivity index (χ2v) is 12.2. The molecule has 0 spiro atoms. The lowest BCUT2D eigenvalue weighted by molar-refractivity contribution is 0.0598. The number of hydrogen-bond acceptors (Lipinski definition) is 5. The number of nitrogens with one attached hydrogen (secondary N) is 4. The standard InChI is InChI=1S/C26H49N7/c1-17(2)20-7-5-6-8-21(20)23-29-15-22-25(30-23)33(26(27)32(22)4)16-18-9-11-19(12-10-18)24-28-13-14-31(24)3/h17-25,27-30H,5-16H2,1-4H3. The van der Waals surface area contributed by atoms with Crippen LogP contribution in [0.1, 0.15) is 65.2 Å². The average molecular weight is 460 g/mol. The summed E-state index contributed by atoms with van der Waals surface area (Å²) in [6.45, 7) is 9.18. The van der Waals surface area contributed by atoms with Crippen molar-refractivity contribution in [3.63, 3.8) is 0 Å². The zero-order chi connectivity index (χ0) is 23.1. The Morgan fingerprint density at radius 2 is 1.73 bits per heavy atom. The van der Waals surface area contributed by atoms with Gasteiger partial charge in [-0.15, -0.1) is 0 Å². The normalized spacial score (nSPS) is 42.9. The van der Waals surface area contributed by atoms with Gasteiger partial charge in [0.05, 0.1) is 18.4 Å². The van der Waals surface area contributed by atoms with E-state index in [1.807, 2.05) is 0 Å². The lowest BCUT2D eigenvalue weighted by atomic mass is 9.71. The minimum atomic E-state index is 0.281. The van der Waals surface area contributed by atoms with Crippen LogP contribution in [0.4, 0.5) is 0 Å². The summed E-state index contributed by atoms with van der Waals surface area (Å²) in [6.07, 6.45) is 12.0. The van der Waals surface area contributed by atoms with E-state index >= 15 is 0 Å². The van der Waals surface area contributed by atoms with Crippen LogP contribution in [0.5, 0.6) is 0 Å². The summed E-state index contributed by atoms with van der Waals surface area (Å²) in [6, 6.07) is 0.363. The first kappa shape index (κ1) is 23.8. The van der Waals surface area contributed by atoms with Gasteiger partial charge < -0.3 is 15.1 Å². The Morgan fingerprint density at radius 1 is 0.970 bits per heavy atom. The van der Waals surface area contributed by atoms with Crippen molar-refractivity contribution < 1.29 is 0 Å². The predicted molar refractivity (Wildman–Crippen MR) is 135 cm³/mol. The number of likely N-dealkylation sites (N-methyl/N-ethyl adjacent to an activating group) is 2. The highest BCUT2D eigenvalue weighted by molar-refractivity contribution is 5.80. The molecule has 33 heavy (non-hydrogen) atoms. The minimum Gasteiger partial charge on any atom is -0.338 e. The van der Waals surface area contributed by atoms with E-state index in [1.54, 1.807) is 0 Å². The molecule has 5 aliphatic rings. The van der Waals surface area contributed by atoms with E-state index in [1.165, 1.54) is 57.9 Å². The largest absolute Gasteiger partial charge is 0.338 e. The van der Waals surface area contributed by atoms with Crippen LogP contribution in [0.3, 0.4) is 0 Å². The Morgan fingerprint density at radius 3 is 2.42 bits per heavy atom. The summed E-state index contributed by atoms with van der Waals surface area (Å²) in [5, 5.41) is 20.6. The Labute approximate surface area is 201 Å². The van der Waals surface area contributed by atoms with Gasteiger partial charge in [0.15, 0.2) is 5.96 Å². The van der Waals surface area contributed by atoms with Crippen LogP contribution in [-0.4, -0.2) is 85.5 Å². The first-order chi connectivity index (χ1) is 15.9. The van der Waals surface area contributed by atoms with E-state index in [2.05, 4.69) is 58.6 Å². The predicted octanol–water partition coefficient (Wildman–Crippen LogP) is 2.51. The molecule has 2 aliphatic carbocycles. The highest BCUT2D eigenvalue weighted by atomic mass is 15.5. The van der Waals surface area contributed by atoms with E-state index in [-0.39, 0.29) is 6.17 Å². The summed E-state index contributed by atoms with van der Waals surface area (Å²) in [5.41, 5.74) is 0. The molecule has 6 atom stereocenters. The van der Waals surface area contributed by atoms with Gasteiger partial charge >= 0.3 is 0 Å². The number of rotatable bonds is 5. The summed E-state index contributed by atoms with van der Waals surface area (Å²) in [7, 11) is 4.40. The number of hydrogen-bond donors (Lipinski definition) is 4. The Balaban J connectivity index is 1.21. The molecule has 0 radical (unpaired) electrons. The molecule has 7 nitrogen and oxygen atoms in total. The molecule has 0 amide bonds.